The highest BCUT2D eigenvalue weighted by molar-refractivity contribution is 7.17. The van der Waals surface area contributed by atoms with Gasteiger partial charge in [0.15, 0.2) is 5.79 Å². The molecule has 2 atom stereocenters. The Morgan fingerprint density at radius 3 is 2.37 bits per heavy atom. The Morgan fingerprint density at radius 2 is 1.72 bits per heavy atom. The van der Waals surface area contributed by atoms with Gasteiger partial charge in [-0.15, -0.1) is 11.3 Å². The third-order valence-electron chi connectivity index (χ3n) is 6.65. The summed E-state index contributed by atoms with van der Waals surface area (Å²) in [6.45, 7) is 8.49. The predicted molar refractivity (Wildman–Crippen MR) is 166 cm³/mol. The van der Waals surface area contributed by atoms with Gasteiger partial charge in [-0.3, -0.25) is 15.0 Å². The lowest BCUT2D eigenvalue weighted by molar-refractivity contribution is -0.246. The molecule has 2 rings (SSSR count). The number of likely N-dealkylation sites (N-methyl/N-ethyl adjacent to an activating group) is 1. The first-order chi connectivity index (χ1) is 20.5. The SMILES string of the molecule is CCNC(=O)NN(C)CC(=O)N[C@@H](CCCCNC(=O)O)C(=O)N[C@@H](C)C(Cc1csc2ccccc12)(OCC)OCC. The van der Waals surface area contributed by atoms with E-state index >= 15 is 0 Å². The Hall–Kier alpha value is -3.46. The lowest BCUT2D eigenvalue weighted by Gasteiger charge is -2.39. The van der Waals surface area contributed by atoms with Crippen LogP contribution in [0.4, 0.5) is 9.59 Å². The zero-order valence-corrected chi connectivity index (χ0v) is 26.5. The van der Waals surface area contributed by atoms with Crippen molar-refractivity contribution in [2.45, 2.75) is 71.2 Å². The normalized spacial score (nSPS) is 12.9. The van der Waals surface area contributed by atoms with E-state index in [0.717, 1.165) is 15.6 Å². The summed E-state index contributed by atoms with van der Waals surface area (Å²) < 4.78 is 13.6. The minimum atomic E-state index is -1.17. The molecule has 6 N–H and O–H groups in total. The van der Waals surface area contributed by atoms with Gasteiger partial charge in [0.25, 0.3) is 0 Å². The monoisotopic (exact) mass is 622 g/mol. The summed E-state index contributed by atoms with van der Waals surface area (Å²) in [5.41, 5.74) is 3.57. The zero-order valence-electron chi connectivity index (χ0n) is 25.7. The van der Waals surface area contributed by atoms with Gasteiger partial charge in [-0.05, 0) is 69.4 Å². The van der Waals surface area contributed by atoms with Crippen molar-refractivity contribution in [2.24, 2.45) is 0 Å². The second-order valence-corrected chi connectivity index (χ2v) is 10.9. The Bertz CT molecular complexity index is 1190. The molecule has 1 aromatic carbocycles. The van der Waals surface area contributed by atoms with Gasteiger partial charge in [-0.2, -0.15) is 0 Å². The molecule has 14 heteroatoms. The summed E-state index contributed by atoms with van der Waals surface area (Å²) in [5, 5.41) is 24.0. The topological polar surface area (TPSA) is 170 Å². The Labute approximate surface area is 257 Å². The second-order valence-electron chi connectivity index (χ2n) is 10.0. The van der Waals surface area contributed by atoms with Crippen LogP contribution in [0.5, 0.6) is 0 Å². The standard InChI is InChI=1S/C29H46N6O7S/c1-6-30-27(38)34-35(5)18-25(36)33-23(14-11-12-16-31-28(39)40)26(37)32-20(4)29(41-7-2,42-8-3)17-21-19-43-24-15-10-9-13-22(21)24/h9-10,13,15,19-20,23,31H,6-8,11-12,14,16-18H2,1-5H3,(H,32,37)(H,33,36)(H,39,40)(H2,30,34,38)/t20-,23-/m0/s1. The lowest BCUT2D eigenvalue weighted by atomic mass is 9.97. The highest BCUT2D eigenvalue weighted by Gasteiger charge is 2.40. The first-order valence-electron chi connectivity index (χ1n) is 14.6. The summed E-state index contributed by atoms with van der Waals surface area (Å²) >= 11 is 1.63. The van der Waals surface area contributed by atoms with Gasteiger partial charge in [0.05, 0.1) is 12.6 Å². The summed E-state index contributed by atoms with van der Waals surface area (Å²) in [7, 11) is 1.54. The van der Waals surface area contributed by atoms with E-state index in [1.54, 1.807) is 18.3 Å². The number of fused-ring (bicyclic) bond motifs is 1. The van der Waals surface area contributed by atoms with E-state index in [2.05, 4.69) is 44.2 Å². The van der Waals surface area contributed by atoms with Crippen LogP contribution >= 0.6 is 11.3 Å². The molecular weight excluding hydrogens is 576 g/mol. The molecule has 0 aliphatic heterocycles. The molecule has 0 unspecified atom stereocenters. The molecule has 0 saturated heterocycles. The Kier molecular flexibility index (Phi) is 15.2. The maximum Gasteiger partial charge on any atom is 0.404 e. The second kappa shape index (κ2) is 18.3. The van der Waals surface area contributed by atoms with E-state index in [9.17, 15) is 19.2 Å². The summed E-state index contributed by atoms with van der Waals surface area (Å²) in [6.07, 6.45) is 0.496. The molecule has 240 valence electrons. The van der Waals surface area contributed by atoms with Gasteiger partial charge in [0, 0.05) is 44.5 Å². The maximum absolute atomic E-state index is 13.6. The number of carboxylic acid groups (broad SMARTS) is 1. The van der Waals surface area contributed by atoms with Crippen LogP contribution in [0.15, 0.2) is 29.6 Å². The molecule has 13 nitrogen and oxygen atoms in total. The van der Waals surface area contributed by atoms with Crippen molar-refractivity contribution in [3.8, 4) is 0 Å². The van der Waals surface area contributed by atoms with Crippen molar-refractivity contribution < 1.29 is 33.8 Å². The number of unbranched alkanes of at least 4 members (excludes halogenated alkanes) is 1. The van der Waals surface area contributed by atoms with E-state index < -0.39 is 41.8 Å². The van der Waals surface area contributed by atoms with Crippen LogP contribution in [-0.2, 0) is 25.5 Å². The molecular formula is C29H46N6O7S. The van der Waals surface area contributed by atoms with Crippen molar-refractivity contribution >= 4 is 45.4 Å². The highest BCUT2D eigenvalue weighted by Crippen LogP contribution is 2.32. The van der Waals surface area contributed by atoms with Gasteiger partial charge in [-0.1, -0.05) is 18.2 Å². The molecule has 1 heterocycles. The predicted octanol–water partition coefficient (Wildman–Crippen LogP) is 2.81. The van der Waals surface area contributed by atoms with Gasteiger partial charge >= 0.3 is 12.1 Å². The fourth-order valence-corrected chi connectivity index (χ4v) is 5.66. The fourth-order valence-electron chi connectivity index (χ4n) is 4.70. The van der Waals surface area contributed by atoms with Crippen molar-refractivity contribution in [1.29, 1.82) is 0 Å². The van der Waals surface area contributed by atoms with E-state index in [4.69, 9.17) is 14.6 Å². The summed E-state index contributed by atoms with van der Waals surface area (Å²) in [4.78, 5) is 49.1. The maximum atomic E-state index is 13.6. The molecule has 0 bridgehead atoms. The quantitative estimate of drug-likeness (QED) is 0.0789. The van der Waals surface area contributed by atoms with Crippen LogP contribution in [0.3, 0.4) is 0 Å². The average molecular weight is 623 g/mol. The number of hydrogen-bond acceptors (Lipinski definition) is 8. The van der Waals surface area contributed by atoms with E-state index in [1.807, 2.05) is 32.9 Å². The van der Waals surface area contributed by atoms with Crippen molar-refractivity contribution in [2.75, 3.05) is 39.9 Å². The van der Waals surface area contributed by atoms with Crippen molar-refractivity contribution in [3.05, 3.63) is 35.2 Å². The van der Waals surface area contributed by atoms with Gasteiger partial charge in [0.1, 0.15) is 6.04 Å². The van der Waals surface area contributed by atoms with E-state index in [0.29, 0.717) is 39.0 Å². The molecule has 0 fully saturated rings. The molecule has 1 aromatic heterocycles. The van der Waals surface area contributed by atoms with Crippen LogP contribution in [0, 0.1) is 0 Å². The first-order valence-corrected chi connectivity index (χ1v) is 15.5. The number of nitrogens with zero attached hydrogens (tertiary/aromatic N) is 1. The number of amides is 5. The van der Waals surface area contributed by atoms with Crippen molar-refractivity contribution in [1.82, 2.24) is 31.7 Å². The smallest absolute Gasteiger partial charge is 0.404 e. The van der Waals surface area contributed by atoms with Crippen LogP contribution in [0.2, 0.25) is 0 Å². The molecule has 0 saturated carbocycles. The number of ether oxygens (including phenoxy) is 2. The number of urea groups is 1. The van der Waals surface area contributed by atoms with Gasteiger partial charge in [-0.25, -0.2) is 14.6 Å². The molecule has 5 amide bonds. The molecule has 0 spiro atoms. The Balaban J connectivity index is 2.20. The number of carbonyl (C=O) groups excluding carboxylic acids is 3. The molecule has 0 radical (unpaired) electrons. The molecule has 0 aliphatic rings. The summed E-state index contributed by atoms with van der Waals surface area (Å²) in [5.74, 6) is -2.06. The molecule has 0 aliphatic carbocycles. The first kappa shape index (κ1) is 35.7. The molecule has 43 heavy (non-hydrogen) atoms. The number of hydrazine groups is 1. The number of thiophene rings is 1. The third-order valence-corrected chi connectivity index (χ3v) is 7.66. The Morgan fingerprint density at radius 1 is 1.02 bits per heavy atom. The number of hydrogen-bond donors (Lipinski definition) is 6. The van der Waals surface area contributed by atoms with Crippen LogP contribution in [0.1, 0.15) is 52.5 Å². The largest absolute Gasteiger partial charge is 0.465 e. The third kappa shape index (κ3) is 11.6. The number of rotatable bonds is 19. The number of nitrogens with one attached hydrogen (secondary N) is 5. The van der Waals surface area contributed by atoms with Gasteiger partial charge in [0.2, 0.25) is 11.8 Å². The lowest BCUT2D eigenvalue weighted by Crippen LogP contribution is -2.59. The minimum absolute atomic E-state index is 0.190. The minimum Gasteiger partial charge on any atom is -0.465 e. The summed E-state index contributed by atoms with van der Waals surface area (Å²) in [6, 6.07) is 6.11. The zero-order chi connectivity index (χ0) is 31.8. The van der Waals surface area contributed by atoms with Gasteiger partial charge < -0.3 is 35.8 Å². The van der Waals surface area contributed by atoms with E-state index in [1.165, 1.54) is 12.1 Å². The van der Waals surface area contributed by atoms with Crippen LogP contribution < -0.4 is 26.7 Å². The number of carbonyl (C=O) groups is 4. The van der Waals surface area contributed by atoms with Crippen LogP contribution in [0.25, 0.3) is 10.1 Å². The van der Waals surface area contributed by atoms with Crippen LogP contribution in [-0.4, -0.2) is 91.8 Å². The number of benzene rings is 1. The fraction of sp³-hybridized carbons (Fsp3) is 0.586. The highest BCUT2D eigenvalue weighted by atomic mass is 32.1. The molecule has 2 aromatic rings. The van der Waals surface area contributed by atoms with Crippen molar-refractivity contribution in [3.63, 3.8) is 0 Å². The van der Waals surface area contributed by atoms with E-state index in [-0.39, 0.29) is 19.5 Å². The average Bonchev–Trinajstić information content (AvgIpc) is 3.34.